The third kappa shape index (κ3) is 3.32. The first-order chi connectivity index (χ1) is 8.51. The Kier molecular flexibility index (Phi) is 4.42. The van der Waals surface area contributed by atoms with Crippen LogP contribution in [-0.4, -0.2) is 27.2 Å². The lowest BCUT2D eigenvalue weighted by atomic mass is 9.90. The molecule has 2 rings (SSSR count). The Morgan fingerprint density at radius 1 is 1.44 bits per heavy atom. The molecule has 0 bridgehead atoms. The van der Waals surface area contributed by atoms with Gasteiger partial charge in [0.2, 0.25) is 10.0 Å². The number of hydrogen-bond acceptors (Lipinski definition) is 3. The van der Waals surface area contributed by atoms with E-state index in [1.54, 1.807) is 24.3 Å². The quantitative estimate of drug-likeness (QED) is 0.899. The van der Waals surface area contributed by atoms with Gasteiger partial charge in [-0.1, -0.05) is 22.0 Å². The molecule has 1 N–H and O–H groups in total. The molecule has 0 heterocycles. The number of ether oxygens (including phenoxy) is 1. The Labute approximate surface area is 116 Å². The Morgan fingerprint density at radius 3 is 2.78 bits per heavy atom. The summed E-state index contributed by atoms with van der Waals surface area (Å²) in [6, 6.07) is 6.69. The minimum atomic E-state index is -3.42. The molecule has 0 aromatic heterocycles. The predicted molar refractivity (Wildman–Crippen MR) is 72.9 cm³/mol. The zero-order valence-electron chi connectivity index (χ0n) is 10.1. The second-order valence-corrected chi connectivity index (χ2v) is 6.95. The van der Waals surface area contributed by atoms with Crippen LogP contribution in [0.15, 0.2) is 33.6 Å². The van der Waals surface area contributed by atoms with Gasteiger partial charge in [-0.05, 0) is 38.0 Å². The van der Waals surface area contributed by atoms with E-state index in [1.807, 2.05) is 6.92 Å². The van der Waals surface area contributed by atoms with Gasteiger partial charge >= 0.3 is 0 Å². The molecule has 18 heavy (non-hydrogen) atoms. The molecule has 1 saturated carbocycles. The highest BCUT2D eigenvalue weighted by Gasteiger charge is 2.33. The molecule has 6 heteroatoms. The van der Waals surface area contributed by atoms with Crippen molar-refractivity contribution in [3.8, 4) is 0 Å². The Morgan fingerprint density at radius 2 is 2.17 bits per heavy atom. The van der Waals surface area contributed by atoms with E-state index >= 15 is 0 Å². The first-order valence-electron chi connectivity index (χ1n) is 5.91. The summed E-state index contributed by atoms with van der Waals surface area (Å²) in [5, 5.41) is 0. The van der Waals surface area contributed by atoms with Crippen LogP contribution < -0.4 is 4.72 Å². The van der Waals surface area contributed by atoms with Crippen molar-refractivity contribution in [2.75, 3.05) is 6.61 Å². The third-order valence-electron chi connectivity index (χ3n) is 2.93. The highest BCUT2D eigenvalue weighted by atomic mass is 79.9. The summed E-state index contributed by atoms with van der Waals surface area (Å²) in [4.78, 5) is 0.289. The maximum Gasteiger partial charge on any atom is 0.240 e. The van der Waals surface area contributed by atoms with E-state index in [0.29, 0.717) is 6.61 Å². The average Bonchev–Trinajstić information content (AvgIpc) is 2.26. The largest absolute Gasteiger partial charge is 0.378 e. The number of nitrogens with one attached hydrogen (secondary N) is 1. The summed E-state index contributed by atoms with van der Waals surface area (Å²) < 4.78 is 33.0. The highest BCUT2D eigenvalue weighted by molar-refractivity contribution is 9.10. The van der Waals surface area contributed by atoms with Crippen molar-refractivity contribution in [1.82, 2.24) is 4.72 Å². The Balaban J connectivity index is 1.97. The van der Waals surface area contributed by atoms with Gasteiger partial charge in [0.15, 0.2) is 0 Å². The van der Waals surface area contributed by atoms with Crippen LogP contribution in [-0.2, 0) is 14.8 Å². The molecule has 0 atom stereocenters. The van der Waals surface area contributed by atoms with Crippen molar-refractivity contribution in [1.29, 1.82) is 0 Å². The van der Waals surface area contributed by atoms with E-state index < -0.39 is 10.0 Å². The van der Waals surface area contributed by atoms with Crippen molar-refractivity contribution in [2.45, 2.75) is 36.8 Å². The number of hydrogen-bond donors (Lipinski definition) is 1. The molecule has 0 spiro atoms. The van der Waals surface area contributed by atoms with Gasteiger partial charge in [0.1, 0.15) is 0 Å². The summed E-state index contributed by atoms with van der Waals surface area (Å²) in [5.41, 5.74) is 0. The van der Waals surface area contributed by atoms with E-state index in [2.05, 4.69) is 20.7 Å². The van der Waals surface area contributed by atoms with E-state index in [9.17, 15) is 8.42 Å². The Hall–Kier alpha value is -0.430. The van der Waals surface area contributed by atoms with Gasteiger partial charge in [0, 0.05) is 17.1 Å². The fourth-order valence-electron chi connectivity index (χ4n) is 1.96. The third-order valence-corrected chi connectivity index (χ3v) is 4.94. The van der Waals surface area contributed by atoms with E-state index in [-0.39, 0.29) is 17.0 Å². The molecule has 0 amide bonds. The molecule has 1 aromatic carbocycles. The molecular formula is C12H16BrNO3S. The topological polar surface area (TPSA) is 55.4 Å². The molecule has 100 valence electrons. The maximum absolute atomic E-state index is 12.1. The standard InChI is InChI=1S/C12H16BrNO3S/c1-2-17-11-7-10(8-11)14-18(15,16)12-5-3-4-9(13)6-12/h3-6,10-11,14H,2,7-8H2,1H3. The van der Waals surface area contributed by atoms with Crippen LogP contribution in [0, 0.1) is 0 Å². The van der Waals surface area contributed by atoms with Crippen LogP contribution in [0.5, 0.6) is 0 Å². The summed E-state index contributed by atoms with van der Waals surface area (Å²) >= 11 is 3.27. The molecule has 0 aliphatic heterocycles. The number of sulfonamides is 1. The van der Waals surface area contributed by atoms with E-state index in [1.165, 1.54) is 0 Å². The smallest absolute Gasteiger partial charge is 0.240 e. The molecule has 1 aliphatic carbocycles. The van der Waals surface area contributed by atoms with Crippen LogP contribution >= 0.6 is 15.9 Å². The molecular weight excluding hydrogens is 318 g/mol. The summed E-state index contributed by atoms with van der Waals surface area (Å²) in [5.74, 6) is 0. The van der Waals surface area contributed by atoms with Gasteiger partial charge < -0.3 is 4.74 Å². The van der Waals surface area contributed by atoms with E-state index in [4.69, 9.17) is 4.74 Å². The number of rotatable bonds is 5. The van der Waals surface area contributed by atoms with Gasteiger partial charge in [0.05, 0.1) is 11.0 Å². The molecule has 1 aromatic rings. The van der Waals surface area contributed by atoms with Gasteiger partial charge in [-0.25, -0.2) is 13.1 Å². The van der Waals surface area contributed by atoms with Crippen LogP contribution in [0.1, 0.15) is 19.8 Å². The van der Waals surface area contributed by atoms with Gasteiger partial charge in [-0.2, -0.15) is 0 Å². The van der Waals surface area contributed by atoms with Gasteiger partial charge in [-0.15, -0.1) is 0 Å². The summed E-state index contributed by atoms with van der Waals surface area (Å²) in [6.45, 7) is 2.62. The normalized spacial score (nSPS) is 23.7. The summed E-state index contributed by atoms with van der Waals surface area (Å²) in [7, 11) is -3.42. The molecule has 1 aliphatic rings. The molecule has 0 unspecified atom stereocenters. The number of benzene rings is 1. The number of halogens is 1. The zero-order chi connectivity index (χ0) is 13.2. The van der Waals surface area contributed by atoms with E-state index in [0.717, 1.165) is 17.3 Å². The Bertz CT molecular complexity index is 512. The maximum atomic E-state index is 12.1. The SMILES string of the molecule is CCOC1CC(NS(=O)(=O)c2cccc(Br)c2)C1. The van der Waals surface area contributed by atoms with Gasteiger partial charge in [0.25, 0.3) is 0 Å². The van der Waals surface area contributed by atoms with Crippen molar-refractivity contribution >= 4 is 26.0 Å². The molecule has 1 fully saturated rings. The molecule has 4 nitrogen and oxygen atoms in total. The van der Waals surface area contributed by atoms with Crippen LogP contribution in [0.2, 0.25) is 0 Å². The highest BCUT2D eigenvalue weighted by Crippen LogP contribution is 2.25. The lowest BCUT2D eigenvalue weighted by Gasteiger charge is -2.35. The monoisotopic (exact) mass is 333 g/mol. The fourth-order valence-corrected chi connectivity index (χ4v) is 3.81. The van der Waals surface area contributed by atoms with Crippen LogP contribution in [0.25, 0.3) is 0 Å². The molecule has 0 saturated heterocycles. The summed E-state index contributed by atoms with van der Waals surface area (Å²) in [6.07, 6.45) is 1.70. The van der Waals surface area contributed by atoms with Gasteiger partial charge in [-0.3, -0.25) is 0 Å². The molecule has 0 radical (unpaired) electrons. The first-order valence-corrected chi connectivity index (χ1v) is 8.18. The zero-order valence-corrected chi connectivity index (χ0v) is 12.5. The first kappa shape index (κ1) is 14.0. The second kappa shape index (κ2) is 5.69. The van der Waals surface area contributed by atoms with Crippen molar-refractivity contribution in [3.05, 3.63) is 28.7 Å². The lowest BCUT2D eigenvalue weighted by molar-refractivity contribution is -0.00475. The lowest BCUT2D eigenvalue weighted by Crippen LogP contribution is -2.47. The van der Waals surface area contributed by atoms with Crippen LogP contribution in [0.4, 0.5) is 0 Å². The average molecular weight is 334 g/mol. The predicted octanol–water partition coefficient (Wildman–Crippen LogP) is 2.29. The minimum absolute atomic E-state index is 0.00877. The minimum Gasteiger partial charge on any atom is -0.378 e. The van der Waals surface area contributed by atoms with Crippen molar-refractivity contribution in [2.24, 2.45) is 0 Å². The van der Waals surface area contributed by atoms with Crippen LogP contribution in [0.3, 0.4) is 0 Å². The second-order valence-electron chi connectivity index (χ2n) is 4.32. The van der Waals surface area contributed by atoms with Crippen molar-refractivity contribution in [3.63, 3.8) is 0 Å². The van der Waals surface area contributed by atoms with Crippen molar-refractivity contribution < 1.29 is 13.2 Å². The fraction of sp³-hybridized carbons (Fsp3) is 0.500.